The average Bonchev–Trinajstić information content (AvgIpc) is 2.90. The maximum absolute atomic E-state index is 4.61. The van der Waals surface area contributed by atoms with Crippen molar-refractivity contribution in [2.24, 2.45) is 0 Å². The van der Waals surface area contributed by atoms with Crippen molar-refractivity contribution in [3.63, 3.8) is 0 Å². The molecule has 3 rings (SSSR count). The highest BCUT2D eigenvalue weighted by Crippen LogP contribution is 2.16. The van der Waals surface area contributed by atoms with Crippen LogP contribution in [0.1, 0.15) is 11.1 Å². The van der Waals surface area contributed by atoms with Crippen LogP contribution in [0.15, 0.2) is 48.5 Å². The zero-order valence-electron chi connectivity index (χ0n) is 11.9. The molecule has 0 spiro atoms. The Labute approximate surface area is 119 Å². The van der Waals surface area contributed by atoms with Gasteiger partial charge in [0.1, 0.15) is 0 Å². The molecule has 3 aromatic rings. The van der Waals surface area contributed by atoms with Crippen molar-refractivity contribution in [1.29, 1.82) is 0 Å². The van der Waals surface area contributed by atoms with Gasteiger partial charge in [-0.25, -0.2) is 4.98 Å². The molecule has 0 unspecified atom stereocenters. The molecule has 0 saturated carbocycles. The summed E-state index contributed by atoms with van der Waals surface area (Å²) >= 11 is 0. The van der Waals surface area contributed by atoms with Crippen molar-refractivity contribution >= 4 is 17.0 Å². The van der Waals surface area contributed by atoms with E-state index in [4.69, 9.17) is 0 Å². The number of fused-ring (bicyclic) bond motifs is 1. The van der Waals surface area contributed by atoms with Crippen molar-refractivity contribution in [2.45, 2.75) is 13.3 Å². The Morgan fingerprint density at radius 2 is 1.80 bits per heavy atom. The number of hydrogen-bond donors (Lipinski definition) is 1. The number of nitrogens with zero attached hydrogens (tertiary/aromatic N) is 2. The van der Waals surface area contributed by atoms with Gasteiger partial charge >= 0.3 is 0 Å². The Bertz CT molecular complexity index is 665. The fourth-order valence-electron chi connectivity index (χ4n) is 2.28. The van der Waals surface area contributed by atoms with E-state index in [1.54, 1.807) is 0 Å². The highest BCUT2D eigenvalue weighted by Gasteiger charge is 2.06. The molecule has 0 aliphatic rings. The van der Waals surface area contributed by atoms with Crippen molar-refractivity contribution in [1.82, 2.24) is 9.97 Å². The molecule has 0 bridgehead atoms. The van der Waals surface area contributed by atoms with Gasteiger partial charge < -0.3 is 9.88 Å². The minimum atomic E-state index is 0.929. The van der Waals surface area contributed by atoms with Crippen molar-refractivity contribution in [3.05, 3.63) is 59.7 Å². The first-order valence-corrected chi connectivity index (χ1v) is 6.94. The summed E-state index contributed by atoms with van der Waals surface area (Å²) in [5.41, 5.74) is 4.77. The number of aromatic nitrogens is 2. The van der Waals surface area contributed by atoms with E-state index in [9.17, 15) is 0 Å². The fraction of sp³-hybridized carbons (Fsp3) is 0.235. The number of H-pyrrole nitrogens is 1. The summed E-state index contributed by atoms with van der Waals surface area (Å²) in [5, 5.41) is 0. The van der Waals surface area contributed by atoms with E-state index in [1.165, 1.54) is 11.1 Å². The zero-order valence-corrected chi connectivity index (χ0v) is 11.9. The van der Waals surface area contributed by atoms with Crippen LogP contribution >= 0.6 is 0 Å². The van der Waals surface area contributed by atoms with Gasteiger partial charge in [0.2, 0.25) is 5.95 Å². The molecule has 0 saturated heterocycles. The van der Waals surface area contributed by atoms with Crippen LogP contribution in [0.25, 0.3) is 11.0 Å². The minimum absolute atomic E-state index is 0.929. The molecule has 1 heterocycles. The topological polar surface area (TPSA) is 31.9 Å². The predicted molar refractivity (Wildman–Crippen MR) is 84.2 cm³/mol. The van der Waals surface area contributed by atoms with Crippen LogP contribution in [0.5, 0.6) is 0 Å². The van der Waals surface area contributed by atoms with E-state index in [0.717, 1.165) is 29.9 Å². The van der Waals surface area contributed by atoms with Crippen LogP contribution in [0.4, 0.5) is 5.95 Å². The molecule has 102 valence electrons. The van der Waals surface area contributed by atoms with Gasteiger partial charge in [0.15, 0.2) is 0 Å². The summed E-state index contributed by atoms with van der Waals surface area (Å²) in [4.78, 5) is 10.1. The summed E-state index contributed by atoms with van der Waals surface area (Å²) in [7, 11) is 2.08. The first kappa shape index (κ1) is 12.7. The molecule has 0 radical (unpaired) electrons. The second kappa shape index (κ2) is 5.37. The smallest absolute Gasteiger partial charge is 0.203 e. The molecule has 0 aliphatic heterocycles. The average molecular weight is 265 g/mol. The molecular weight excluding hydrogens is 246 g/mol. The second-order valence-corrected chi connectivity index (χ2v) is 5.23. The monoisotopic (exact) mass is 265 g/mol. The number of likely N-dealkylation sites (N-methyl/N-ethyl adjacent to an activating group) is 1. The zero-order chi connectivity index (χ0) is 13.9. The van der Waals surface area contributed by atoms with Crippen LogP contribution in [0, 0.1) is 6.92 Å². The SMILES string of the molecule is Cc1ccc(CCN(C)c2nc3ccccc3[nH]2)cc1. The second-order valence-electron chi connectivity index (χ2n) is 5.23. The first-order chi connectivity index (χ1) is 9.72. The van der Waals surface area contributed by atoms with E-state index in [1.807, 2.05) is 18.2 Å². The number of anilines is 1. The number of nitrogens with one attached hydrogen (secondary N) is 1. The van der Waals surface area contributed by atoms with Gasteiger partial charge in [-0.2, -0.15) is 0 Å². The lowest BCUT2D eigenvalue weighted by Gasteiger charge is -2.15. The van der Waals surface area contributed by atoms with E-state index < -0.39 is 0 Å². The van der Waals surface area contributed by atoms with E-state index in [2.05, 4.69) is 59.2 Å². The third-order valence-electron chi connectivity index (χ3n) is 3.59. The Morgan fingerprint density at radius 1 is 1.05 bits per heavy atom. The number of imidazole rings is 1. The van der Waals surface area contributed by atoms with Gasteiger partial charge in [-0.3, -0.25) is 0 Å². The lowest BCUT2D eigenvalue weighted by atomic mass is 10.1. The molecule has 0 amide bonds. The molecular formula is C17H19N3. The Hall–Kier alpha value is -2.29. The van der Waals surface area contributed by atoms with Gasteiger partial charge in [0, 0.05) is 13.6 Å². The Morgan fingerprint density at radius 3 is 2.55 bits per heavy atom. The number of aryl methyl sites for hydroxylation is 1. The van der Waals surface area contributed by atoms with Crippen LogP contribution in [0.3, 0.4) is 0 Å². The van der Waals surface area contributed by atoms with Crippen LogP contribution in [-0.2, 0) is 6.42 Å². The minimum Gasteiger partial charge on any atom is -0.345 e. The Balaban J connectivity index is 1.69. The molecule has 3 nitrogen and oxygen atoms in total. The van der Waals surface area contributed by atoms with Crippen molar-refractivity contribution in [3.8, 4) is 0 Å². The number of para-hydroxylation sites is 2. The molecule has 3 heteroatoms. The van der Waals surface area contributed by atoms with Gasteiger partial charge in [-0.1, -0.05) is 42.0 Å². The quantitative estimate of drug-likeness (QED) is 0.782. The van der Waals surface area contributed by atoms with Gasteiger partial charge in [0.25, 0.3) is 0 Å². The van der Waals surface area contributed by atoms with Crippen LogP contribution < -0.4 is 4.90 Å². The number of aromatic amines is 1. The van der Waals surface area contributed by atoms with Gasteiger partial charge in [-0.05, 0) is 31.0 Å². The molecule has 2 aromatic carbocycles. The molecule has 1 aromatic heterocycles. The summed E-state index contributed by atoms with van der Waals surface area (Å²) in [6.07, 6.45) is 1.02. The number of hydrogen-bond acceptors (Lipinski definition) is 2. The van der Waals surface area contributed by atoms with E-state index in [-0.39, 0.29) is 0 Å². The standard InChI is InChI=1S/C17H19N3/c1-13-7-9-14(10-8-13)11-12-20(2)17-18-15-5-3-4-6-16(15)19-17/h3-10H,11-12H2,1-2H3,(H,18,19). The van der Waals surface area contributed by atoms with Crippen LogP contribution in [-0.4, -0.2) is 23.6 Å². The highest BCUT2D eigenvalue weighted by atomic mass is 15.2. The summed E-state index contributed by atoms with van der Waals surface area (Å²) in [6, 6.07) is 16.8. The Kier molecular flexibility index (Phi) is 3.42. The number of rotatable bonds is 4. The van der Waals surface area contributed by atoms with Crippen LogP contribution in [0.2, 0.25) is 0 Å². The highest BCUT2D eigenvalue weighted by molar-refractivity contribution is 5.77. The largest absolute Gasteiger partial charge is 0.345 e. The van der Waals surface area contributed by atoms with Gasteiger partial charge in [-0.15, -0.1) is 0 Å². The maximum Gasteiger partial charge on any atom is 0.203 e. The lowest BCUT2D eigenvalue weighted by Crippen LogP contribution is -2.21. The molecule has 1 N–H and O–H groups in total. The number of benzene rings is 2. The molecule has 0 fully saturated rings. The van der Waals surface area contributed by atoms with E-state index >= 15 is 0 Å². The summed E-state index contributed by atoms with van der Waals surface area (Å²) < 4.78 is 0. The predicted octanol–water partition coefficient (Wildman–Crippen LogP) is 3.55. The third kappa shape index (κ3) is 2.67. The van der Waals surface area contributed by atoms with E-state index in [0.29, 0.717) is 0 Å². The summed E-state index contributed by atoms with van der Waals surface area (Å²) in [6.45, 7) is 3.06. The maximum atomic E-state index is 4.61. The van der Waals surface area contributed by atoms with Crippen molar-refractivity contribution < 1.29 is 0 Å². The van der Waals surface area contributed by atoms with Crippen molar-refractivity contribution in [2.75, 3.05) is 18.5 Å². The first-order valence-electron chi connectivity index (χ1n) is 6.94. The fourth-order valence-corrected chi connectivity index (χ4v) is 2.28. The molecule has 0 aliphatic carbocycles. The summed E-state index contributed by atoms with van der Waals surface area (Å²) in [5.74, 6) is 0.929. The lowest BCUT2D eigenvalue weighted by molar-refractivity contribution is 0.850. The third-order valence-corrected chi connectivity index (χ3v) is 3.59. The normalized spacial score (nSPS) is 10.9. The molecule has 0 atom stereocenters. The van der Waals surface area contributed by atoms with Gasteiger partial charge in [0.05, 0.1) is 11.0 Å². The molecule has 20 heavy (non-hydrogen) atoms.